The van der Waals surface area contributed by atoms with E-state index in [0.717, 1.165) is 10.7 Å². The van der Waals surface area contributed by atoms with Crippen LogP contribution in [0.3, 0.4) is 0 Å². The average Bonchev–Trinajstić information content (AvgIpc) is 2.81. The summed E-state index contributed by atoms with van der Waals surface area (Å²) in [5, 5.41) is 6.01. The Hall–Kier alpha value is -2.58. The minimum atomic E-state index is -4.54. The molecule has 0 atom stereocenters. The molecule has 124 valence electrons. The van der Waals surface area contributed by atoms with Crippen LogP contribution in [-0.2, 0) is 18.0 Å². The number of nitrogens with one attached hydrogen (secondary N) is 1. The summed E-state index contributed by atoms with van der Waals surface area (Å²) in [6, 6.07) is 3.89. The van der Waals surface area contributed by atoms with E-state index < -0.39 is 11.9 Å². The lowest BCUT2D eigenvalue weighted by Gasteiger charge is -2.08. The van der Waals surface area contributed by atoms with Crippen LogP contribution in [0.15, 0.2) is 18.2 Å². The molecule has 23 heavy (non-hydrogen) atoms. The maximum Gasteiger partial charge on any atom is 0.435 e. The van der Waals surface area contributed by atoms with Crippen molar-refractivity contribution < 1.29 is 18.0 Å². The molecule has 0 unspecified atom stereocenters. The van der Waals surface area contributed by atoms with Crippen LogP contribution in [0.1, 0.15) is 25.5 Å². The summed E-state index contributed by atoms with van der Waals surface area (Å²) in [6.45, 7) is 1.87. The number of hydrogen-bond acceptors (Lipinski definition) is 4. The fourth-order valence-corrected chi connectivity index (χ4v) is 2.05. The highest BCUT2D eigenvalue weighted by Gasteiger charge is 2.34. The molecular formula is C14H16F3N5O. The SMILES string of the molecule is CCCC(=O)Nc1ccc(-c2cc(C(F)(F)F)nn2C)c(N)n1. The number of carbonyl (C=O) groups is 1. The Bertz CT molecular complexity index is 724. The van der Waals surface area contributed by atoms with Gasteiger partial charge in [0.15, 0.2) is 5.69 Å². The van der Waals surface area contributed by atoms with Crippen molar-refractivity contribution in [3.8, 4) is 11.3 Å². The van der Waals surface area contributed by atoms with Gasteiger partial charge in [-0.3, -0.25) is 9.48 Å². The number of nitrogens with zero attached hydrogens (tertiary/aromatic N) is 3. The van der Waals surface area contributed by atoms with Gasteiger partial charge >= 0.3 is 6.18 Å². The van der Waals surface area contributed by atoms with E-state index in [2.05, 4.69) is 15.4 Å². The van der Waals surface area contributed by atoms with Crippen LogP contribution in [0.5, 0.6) is 0 Å². The second kappa shape index (κ2) is 6.27. The zero-order chi connectivity index (χ0) is 17.2. The molecule has 1 amide bonds. The molecule has 3 N–H and O–H groups in total. The summed E-state index contributed by atoms with van der Waals surface area (Å²) in [7, 11) is 1.39. The maximum absolute atomic E-state index is 12.7. The fourth-order valence-electron chi connectivity index (χ4n) is 2.05. The topological polar surface area (TPSA) is 85.8 Å². The quantitative estimate of drug-likeness (QED) is 0.904. The number of pyridine rings is 1. The van der Waals surface area contributed by atoms with Crippen LogP contribution in [0.4, 0.5) is 24.8 Å². The molecule has 2 aromatic heterocycles. The van der Waals surface area contributed by atoms with E-state index in [0.29, 0.717) is 18.4 Å². The number of nitrogens with two attached hydrogens (primary N) is 1. The van der Waals surface area contributed by atoms with Crippen LogP contribution in [0.25, 0.3) is 11.3 Å². The van der Waals surface area contributed by atoms with Gasteiger partial charge in [-0.05, 0) is 24.6 Å². The van der Waals surface area contributed by atoms with Gasteiger partial charge in [0.05, 0.1) is 5.69 Å². The van der Waals surface area contributed by atoms with Gasteiger partial charge in [0.2, 0.25) is 5.91 Å². The second-order valence-corrected chi connectivity index (χ2v) is 4.96. The molecule has 0 aliphatic heterocycles. The van der Waals surface area contributed by atoms with E-state index in [1.807, 2.05) is 6.92 Å². The van der Waals surface area contributed by atoms with Gasteiger partial charge in [0.25, 0.3) is 0 Å². The third kappa shape index (κ3) is 3.79. The third-order valence-electron chi connectivity index (χ3n) is 3.12. The Labute approximate surface area is 130 Å². The molecule has 2 rings (SSSR count). The van der Waals surface area contributed by atoms with Crippen molar-refractivity contribution in [2.24, 2.45) is 7.05 Å². The molecule has 0 fully saturated rings. The molecule has 0 saturated heterocycles. The number of aromatic nitrogens is 3. The van der Waals surface area contributed by atoms with E-state index in [-0.39, 0.29) is 23.2 Å². The second-order valence-electron chi connectivity index (χ2n) is 4.96. The van der Waals surface area contributed by atoms with Crippen LogP contribution in [0, 0.1) is 0 Å². The lowest BCUT2D eigenvalue weighted by molar-refractivity contribution is -0.141. The number of amides is 1. The zero-order valence-electron chi connectivity index (χ0n) is 12.6. The molecule has 0 saturated carbocycles. The summed E-state index contributed by atoms with van der Waals surface area (Å²) >= 11 is 0. The van der Waals surface area contributed by atoms with Gasteiger partial charge in [-0.1, -0.05) is 6.92 Å². The number of hydrogen-bond donors (Lipinski definition) is 2. The first-order valence-electron chi connectivity index (χ1n) is 6.90. The maximum atomic E-state index is 12.7. The predicted octanol–water partition coefficient (Wildman–Crippen LogP) is 2.82. The van der Waals surface area contributed by atoms with Gasteiger partial charge in [0.1, 0.15) is 11.6 Å². The summed E-state index contributed by atoms with van der Waals surface area (Å²) in [5.41, 5.74) is 5.30. The normalized spacial score (nSPS) is 11.5. The standard InChI is InChI=1S/C14H16F3N5O/c1-3-4-12(23)19-11-6-5-8(13(18)20-11)9-7-10(14(15,16)17)21-22(9)2/h5-7H,3-4H2,1-2H3,(H3,18,19,20,23). The Morgan fingerprint density at radius 2 is 2.09 bits per heavy atom. The van der Waals surface area contributed by atoms with Gasteiger partial charge < -0.3 is 11.1 Å². The molecule has 6 nitrogen and oxygen atoms in total. The van der Waals surface area contributed by atoms with E-state index in [9.17, 15) is 18.0 Å². The van der Waals surface area contributed by atoms with E-state index in [1.54, 1.807) is 0 Å². The Morgan fingerprint density at radius 3 is 2.61 bits per heavy atom. The van der Waals surface area contributed by atoms with Crippen LogP contribution in [0.2, 0.25) is 0 Å². The first kappa shape index (κ1) is 16.8. The molecule has 0 radical (unpaired) electrons. The predicted molar refractivity (Wildman–Crippen MR) is 79.4 cm³/mol. The van der Waals surface area contributed by atoms with Crippen LogP contribution >= 0.6 is 0 Å². The average molecular weight is 327 g/mol. The molecule has 0 bridgehead atoms. The first-order chi connectivity index (χ1) is 10.7. The molecule has 2 heterocycles. The highest BCUT2D eigenvalue weighted by Crippen LogP contribution is 2.33. The molecule has 9 heteroatoms. The van der Waals surface area contributed by atoms with Crippen molar-refractivity contribution in [3.05, 3.63) is 23.9 Å². The molecule has 0 aromatic carbocycles. The Morgan fingerprint density at radius 1 is 1.39 bits per heavy atom. The lowest BCUT2D eigenvalue weighted by atomic mass is 10.1. The van der Waals surface area contributed by atoms with Crippen molar-refractivity contribution in [2.75, 3.05) is 11.1 Å². The number of aryl methyl sites for hydroxylation is 1. The molecule has 0 aliphatic carbocycles. The summed E-state index contributed by atoms with van der Waals surface area (Å²) in [4.78, 5) is 15.5. The number of nitrogen functional groups attached to an aromatic ring is 1. The van der Waals surface area contributed by atoms with Gasteiger partial charge in [-0.2, -0.15) is 18.3 Å². The number of halogens is 3. The number of carbonyl (C=O) groups excluding carboxylic acids is 1. The first-order valence-corrected chi connectivity index (χ1v) is 6.90. The highest BCUT2D eigenvalue weighted by molar-refractivity contribution is 5.90. The van der Waals surface area contributed by atoms with Crippen molar-refractivity contribution >= 4 is 17.5 Å². The Balaban J connectivity index is 2.31. The molecule has 0 spiro atoms. The van der Waals surface area contributed by atoms with Gasteiger partial charge in [-0.25, -0.2) is 4.98 Å². The Kier molecular flexibility index (Phi) is 4.57. The number of rotatable bonds is 4. The number of anilines is 2. The van der Waals surface area contributed by atoms with Gasteiger partial charge in [-0.15, -0.1) is 0 Å². The van der Waals surface area contributed by atoms with Gasteiger partial charge in [0, 0.05) is 19.0 Å². The van der Waals surface area contributed by atoms with Crippen molar-refractivity contribution in [1.82, 2.24) is 14.8 Å². The number of alkyl halides is 3. The summed E-state index contributed by atoms with van der Waals surface area (Å²) in [5.74, 6) is 0.0611. The largest absolute Gasteiger partial charge is 0.435 e. The molecule has 2 aromatic rings. The lowest BCUT2D eigenvalue weighted by Crippen LogP contribution is -2.12. The van der Waals surface area contributed by atoms with Crippen molar-refractivity contribution in [1.29, 1.82) is 0 Å². The fraction of sp³-hybridized carbons (Fsp3) is 0.357. The van der Waals surface area contributed by atoms with Crippen molar-refractivity contribution in [2.45, 2.75) is 25.9 Å². The summed E-state index contributed by atoms with van der Waals surface area (Å²) < 4.78 is 39.2. The smallest absolute Gasteiger partial charge is 0.383 e. The third-order valence-corrected chi connectivity index (χ3v) is 3.12. The zero-order valence-corrected chi connectivity index (χ0v) is 12.6. The summed E-state index contributed by atoms with van der Waals surface area (Å²) in [6.07, 6.45) is -3.50. The highest BCUT2D eigenvalue weighted by atomic mass is 19.4. The minimum absolute atomic E-state index is 0.0102. The van der Waals surface area contributed by atoms with E-state index >= 15 is 0 Å². The minimum Gasteiger partial charge on any atom is -0.383 e. The monoisotopic (exact) mass is 327 g/mol. The van der Waals surface area contributed by atoms with Crippen molar-refractivity contribution in [3.63, 3.8) is 0 Å². The van der Waals surface area contributed by atoms with E-state index in [1.165, 1.54) is 19.2 Å². The van der Waals surface area contributed by atoms with Crippen LogP contribution < -0.4 is 11.1 Å². The molecule has 0 aliphatic rings. The van der Waals surface area contributed by atoms with Crippen LogP contribution in [-0.4, -0.2) is 20.7 Å². The molecular weight excluding hydrogens is 311 g/mol. The van der Waals surface area contributed by atoms with E-state index in [4.69, 9.17) is 5.73 Å².